The number of amides is 1. The largest absolute Gasteiger partial charge is 0.345 e. The number of hydrogen-bond donors (Lipinski definition) is 3. The molecule has 0 saturated carbocycles. The summed E-state index contributed by atoms with van der Waals surface area (Å²) in [6, 6.07) is 9.10. The Bertz CT molecular complexity index is 622. The second-order valence-electron chi connectivity index (χ2n) is 4.78. The van der Waals surface area contributed by atoms with E-state index < -0.39 is 24.9 Å². The average Bonchev–Trinajstić information content (AvgIpc) is 2.95. The molecule has 0 fully saturated rings. The normalized spacial score (nSPS) is 11.4. The molecule has 0 spiro atoms. The molecule has 0 aliphatic carbocycles. The van der Waals surface area contributed by atoms with Crippen LogP contribution in [0.1, 0.15) is 16.1 Å². The molecular formula is C14H16F2N4O. The van der Waals surface area contributed by atoms with E-state index in [0.717, 1.165) is 11.1 Å². The summed E-state index contributed by atoms with van der Waals surface area (Å²) in [6.07, 6.45) is 0. The maximum absolute atomic E-state index is 13.0. The molecule has 7 heteroatoms. The van der Waals surface area contributed by atoms with Crippen LogP contribution in [0, 0.1) is 6.92 Å². The Balaban J connectivity index is 2.06. The zero-order valence-corrected chi connectivity index (χ0v) is 11.5. The summed E-state index contributed by atoms with van der Waals surface area (Å²) in [6.45, 7) is 0.344. The Morgan fingerprint density at radius 1 is 1.38 bits per heavy atom. The molecular weight excluding hydrogens is 278 g/mol. The number of carbonyl (C=O) groups excluding carboxylic acids is 1. The van der Waals surface area contributed by atoms with E-state index in [1.54, 1.807) is 0 Å². The number of alkyl halides is 2. The van der Waals surface area contributed by atoms with E-state index in [9.17, 15) is 13.6 Å². The number of benzene rings is 1. The fourth-order valence-electron chi connectivity index (χ4n) is 1.69. The summed E-state index contributed by atoms with van der Waals surface area (Å²) >= 11 is 0. The van der Waals surface area contributed by atoms with E-state index in [1.165, 1.54) is 6.07 Å². The van der Waals surface area contributed by atoms with Crippen LogP contribution in [0.2, 0.25) is 0 Å². The van der Waals surface area contributed by atoms with Gasteiger partial charge in [0.2, 0.25) is 0 Å². The average molecular weight is 294 g/mol. The van der Waals surface area contributed by atoms with E-state index in [2.05, 4.69) is 15.5 Å². The van der Waals surface area contributed by atoms with Crippen molar-refractivity contribution in [3.63, 3.8) is 0 Å². The van der Waals surface area contributed by atoms with Gasteiger partial charge in [0, 0.05) is 5.56 Å². The van der Waals surface area contributed by atoms with E-state index in [-0.39, 0.29) is 5.69 Å². The molecule has 1 amide bonds. The highest BCUT2D eigenvalue weighted by Crippen LogP contribution is 2.18. The zero-order chi connectivity index (χ0) is 15.5. The summed E-state index contributed by atoms with van der Waals surface area (Å²) in [5, 5.41) is 8.66. The summed E-state index contributed by atoms with van der Waals surface area (Å²) in [5.74, 6) is -3.76. The first kappa shape index (κ1) is 15.1. The topological polar surface area (TPSA) is 83.8 Å². The third kappa shape index (κ3) is 3.85. The number of aryl methyl sites for hydroxylation is 1. The van der Waals surface area contributed by atoms with Gasteiger partial charge in [-0.2, -0.15) is 5.10 Å². The first-order chi connectivity index (χ1) is 9.91. The van der Waals surface area contributed by atoms with Crippen molar-refractivity contribution in [3.8, 4) is 11.3 Å². The number of aromatic amines is 1. The maximum atomic E-state index is 13.0. The molecule has 2 rings (SSSR count). The van der Waals surface area contributed by atoms with Crippen molar-refractivity contribution in [2.75, 3.05) is 13.1 Å². The highest BCUT2D eigenvalue weighted by Gasteiger charge is 2.27. The molecule has 21 heavy (non-hydrogen) atoms. The monoisotopic (exact) mass is 294 g/mol. The number of rotatable bonds is 5. The molecule has 0 aliphatic heterocycles. The molecule has 1 aromatic heterocycles. The van der Waals surface area contributed by atoms with Gasteiger partial charge in [0.25, 0.3) is 11.8 Å². The molecule has 0 aliphatic rings. The minimum atomic E-state index is -3.12. The fourth-order valence-corrected chi connectivity index (χ4v) is 1.69. The van der Waals surface area contributed by atoms with Crippen LogP contribution >= 0.6 is 0 Å². The molecule has 4 N–H and O–H groups in total. The maximum Gasteiger partial charge on any atom is 0.277 e. The van der Waals surface area contributed by atoms with E-state index in [4.69, 9.17) is 5.73 Å². The lowest BCUT2D eigenvalue weighted by molar-refractivity contribution is 0.0118. The lowest BCUT2D eigenvalue weighted by Crippen LogP contribution is -2.41. The summed E-state index contributed by atoms with van der Waals surface area (Å²) in [5.41, 5.74) is 7.54. The first-order valence-electron chi connectivity index (χ1n) is 6.40. The van der Waals surface area contributed by atoms with Gasteiger partial charge >= 0.3 is 0 Å². The van der Waals surface area contributed by atoms with E-state index in [1.807, 2.05) is 31.2 Å². The van der Waals surface area contributed by atoms with Gasteiger partial charge in [0.05, 0.1) is 18.8 Å². The number of nitrogens with zero attached hydrogens (tertiary/aromatic N) is 1. The number of nitrogens with one attached hydrogen (secondary N) is 2. The summed E-state index contributed by atoms with van der Waals surface area (Å²) in [4.78, 5) is 11.7. The summed E-state index contributed by atoms with van der Waals surface area (Å²) < 4.78 is 25.9. The van der Waals surface area contributed by atoms with Crippen molar-refractivity contribution >= 4 is 5.91 Å². The predicted octanol–water partition coefficient (Wildman–Crippen LogP) is 1.71. The molecule has 0 atom stereocenters. The second kappa shape index (κ2) is 6.01. The minimum Gasteiger partial charge on any atom is -0.345 e. The van der Waals surface area contributed by atoms with Gasteiger partial charge in [-0.25, -0.2) is 8.78 Å². The molecule has 5 nitrogen and oxygen atoms in total. The van der Waals surface area contributed by atoms with Crippen LogP contribution in [0.3, 0.4) is 0 Å². The lowest BCUT2D eigenvalue weighted by atomic mass is 10.1. The standard InChI is InChI=1S/C14H16F2N4O/c1-9-2-4-10(5-3-9)11-6-12(20-19-11)13(21)18-8-14(15,16)7-17/h2-6H,7-8,17H2,1H3,(H,18,21)(H,19,20). The second-order valence-corrected chi connectivity index (χ2v) is 4.78. The number of carbonyl (C=O) groups is 1. The Kier molecular flexibility index (Phi) is 4.32. The van der Waals surface area contributed by atoms with Crippen molar-refractivity contribution in [1.29, 1.82) is 0 Å². The van der Waals surface area contributed by atoms with Crippen LogP contribution in [-0.2, 0) is 0 Å². The first-order valence-corrected chi connectivity index (χ1v) is 6.40. The molecule has 0 radical (unpaired) electrons. The zero-order valence-electron chi connectivity index (χ0n) is 11.5. The van der Waals surface area contributed by atoms with Gasteiger partial charge in [-0.1, -0.05) is 29.8 Å². The number of H-pyrrole nitrogens is 1. The molecule has 1 aromatic carbocycles. The minimum absolute atomic E-state index is 0.124. The SMILES string of the molecule is Cc1ccc(-c2cc(C(=O)NCC(F)(F)CN)[nH]n2)cc1. The predicted molar refractivity (Wildman–Crippen MR) is 75.1 cm³/mol. The number of hydrogen-bond acceptors (Lipinski definition) is 3. The molecule has 112 valence electrons. The van der Waals surface area contributed by atoms with Gasteiger partial charge < -0.3 is 11.1 Å². The van der Waals surface area contributed by atoms with Crippen LogP contribution in [0.25, 0.3) is 11.3 Å². The van der Waals surface area contributed by atoms with Crippen molar-refractivity contribution in [2.24, 2.45) is 5.73 Å². The lowest BCUT2D eigenvalue weighted by Gasteiger charge is -2.13. The molecule has 2 aromatic rings. The van der Waals surface area contributed by atoms with Crippen molar-refractivity contribution < 1.29 is 13.6 Å². The number of aromatic nitrogens is 2. The van der Waals surface area contributed by atoms with Crippen molar-refractivity contribution in [1.82, 2.24) is 15.5 Å². The molecule has 0 unspecified atom stereocenters. The van der Waals surface area contributed by atoms with Gasteiger partial charge in [0.1, 0.15) is 5.69 Å². The van der Waals surface area contributed by atoms with Crippen LogP contribution in [0.15, 0.2) is 30.3 Å². The van der Waals surface area contributed by atoms with Crippen LogP contribution in [0.5, 0.6) is 0 Å². The van der Waals surface area contributed by atoms with Crippen molar-refractivity contribution in [3.05, 3.63) is 41.6 Å². The molecule has 1 heterocycles. The van der Waals surface area contributed by atoms with E-state index >= 15 is 0 Å². The molecule has 0 saturated heterocycles. The summed E-state index contributed by atoms with van der Waals surface area (Å²) in [7, 11) is 0. The van der Waals surface area contributed by atoms with Crippen LogP contribution in [-0.4, -0.2) is 35.1 Å². The Morgan fingerprint density at radius 2 is 2.05 bits per heavy atom. The van der Waals surface area contributed by atoms with Gasteiger partial charge in [0.15, 0.2) is 0 Å². The Morgan fingerprint density at radius 3 is 2.67 bits per heavy atom. The van der Waals surface area contributed by atoms with E-state index in [0.29, 0.717) is 5.69 Å². The quantitative estimate of drug-likeness (QED) is 0.785. The Hall–Kier alpha value is -2.28. The number of nitrogens with two attached hydrogens (primary N) is 1. The van der Waals surface area contributed by atoms with Gasteiger partial charge in [-0.05, 0) is 13.0 Å². The van der Waals surface area contributed by atoms with Gasteiger partial charge in [-0.3, -0.25) is 9.89 Å². The molecule has 0 bridgehead atoms. The van der Waals surface area contributed by atoms with Crippen molar-refractivity contribution in [2.45, 2.75) is 12.8 Å². The third-order valence-corrected chi connectivity index (χ3v) is 2.98. The van der Waals surface area contributed by atoms with Crippen LogP contribution in [0.4, 0.5) is 8.78 Å². The van der Waals surface area contributed by atoms with Gasteiger partial charge in [-0.15, -0.1) is 0 Å². The smallest absolute Gasteiger partial charge is 0.277 e. The highest BCUT2D eigenvalue weighted by atomic mass is 19.3. The third-order valence-electron chi connectivity index (χ3n) is 2.98. The van der Waals surface area contributed by atoms with Crippen LogP contribution < -0.4 is 11.1 Å². The Labute approximate surface area is 120 Å². The highest BCUT2D eigenvalue weighted by molar-refractivity contribution is 5.93. The fraction of sp³-hybridized carbons (Fsp3) is 0.286. The number of halogens is 2.